The quantitative estimate of drug-likeness (QED) is 0.425. The smallest absolute Gasteiger partial charge is 0.282 e. The topological polar surface area (TPSA) is 133 Å². The zero-order valence-corrected chi connectivity index (χ0v) is 12.4. The van der Waals surface area contributed by atoms with Crippen molar-refractivity contribution in [3.05, 3.63) is 0 Å². The average Bonchev–Trinajstić information content (AvgIpc) is 2.17. The van der Waals surface area contributed by atoms with E-state index in [1.165, 1.54) is 27.7 Å². The minimum absolute atomic E-state index is 0. The molecule has 0 atom stereocenters. The Morgan fingerprint density at radius 2 is 0.842 bits per heavy atom. The van der Waals surface area contributed by atoms with E-state index in [2.05, 4.69) is 0 Å². The third kappa shape index (κ3) is 9.84. The second-order valence-electron chi connectivity index (χ2n) is 3.69. The Kier molecular flexibility index (Phi) is 13.3. The van der Waals surface area contributed by atoms with Gasteiger partial charge in [0.15, 0.2) is 0 Å². The normalized spacial score (nSPS) is 11.1. The standard InChI is InChI=1S/2C6H7NO2.Mn/c2*1-4(8)6(3-7)5(2)9;/h2*6H,1-2H3;/p+4. The molecular formula is C12H18MnN2O4+4. The van der Waals surface area contributed by atoms with E-state index < -0.39 is 11.8 Å². The van der Waals surface area contributed by atoms with Crippen molar-refractivity contribution in [3.8, 4) is 12.1 Å². The van der Waals surface area contributed by atoms with Crippen molar-refractivity contribution in [2.45, 2.75) is 27.7 Å². The van der Waals surface area contributed by atoms with Gasteiger partial charge in [0.2, 0.25) is 0 Å². The van der Waals surface area contributed by atoms with Crippen LogP contribution in [0.1, 0.15) is 27.7 Å². The summed E-state index contributed by atoms with van der Waals surface area (Å²) in [5, 5.41) is 16.5. The Labute approximate surface area is 122 Å². The number of nitrogens with zero attached hydrogens (tertiary/aromatic N) is 2. The van der Waals surface area contributed by atoms with Gasteiger partial charge in [-0.15, -0.1) is 0 Å². The van der Waals surface area contributed by atoms with Crippen molar-refractivity contribution >= 4 is 23.1 Å². The van der Waals surface area contributed by atoms with Gasteiger partial charge in [-0.05, 0) is 0 Å². The van der Waals surface area contributed by atoms with E-state index in [9.17, 15) is 0 Å². The van der Waals surface area contributed by atoms with Crippen LogP contribution in [0.3, 0.4) is 0 Å². The molecule has 6 nitrogen and oxygen atoms in total. The molecule has 0 unspecified atom stereocenters. The summed E-state index contributed by atoms with van der Waals surface area (Å²) in [7, 11) is 0. The predicted molar refractivity (Wildman–Crippen MR) is 68.7 cm³/mol. The third-order valence-corrected chi connectivity index (χ3v) is 1.93. The van der Waals surface area contributed by atoms with Gasteiger partial charge in [0, 0.05) is 44.8 Å². The molecule has 0 heterocycles. The number of carbonyl (C=O) groups excluding carboxylic acids is 4. The van der Waals surface area contributed by atoms with E-state index in [4.69, 9.17) is 29.7 Å². The van der Waals surface area contributed by atoms with Crippen molar-refractivity contribution < 1.29 is 36.2 Å². The molecule has 0 fully saturated rings. The van der Waals surface area contributed by atoms with Gasteiger partial charge in [0.1, 0.15) is 0 Å². The molecule has 7 heteroatoms. The maximum atomic E-state index is 8.70. The summed E-state index contributed by atoms with van der Waals surface area (Å²) in [6.45, 7) is 5.53. The van der Waals surface area contributed by atoms with Crippen molar-refractivity contribution in [1.29, 1.82) is 10.5 Å². The van der Waals surface area contributed by atoms with Crippen LogP contribution in [0.2, 0.25) is 0 Å². The maximum absolute atomic E-state index is 8.70. The number of hydrogen-bond acceptors (Lipinski definition) is 2. The predicted octanol–water partition coefficient (Wildman–Crippen LogP) is 0.509. The summed E-state index contributed by atoms with van der Waals surface area (Å²) < 4.78 is 0. The summed E-state index contributed by atoms with van der Waals surface area (Å²) in [6, 6.07) is 3.45. The van der Waals surface area contributed by atoms with Crippen LogP contribution in [0.4, 0.5) is 0 Å². The molecule has 0 saturated heterocycles. The Morgan fingerprint density at radius 1 is 0.684 bits per heavy atom. The van der Waals surface area contributed by atoms with Crippen LogP contribution in [0.25, 0.3) is 0 Å². The number of nitriles is 2. The molecule has 103 valence electrons. The molecule has 0 aromatic rings. The van der Waals surface area contributed by atoms with Gasteiger partial charge in [-0.1, -0.05) is 0 Å². The van der Waals surface area contributed by atoms with Crippen LogP contribution in [0.15, 0.2) is 0 Å². The van der Waals surface area contributed by atoms with E-state index in [-0.39, 0.29) is 40.2 Å². The zero-order chi connectivity index (χ0) is 14.9. The van der Waals surface area contributed by atoms with Crippen LogP contribution in [-0.2, 0) is 17.1 Å². The minimum Gasteiger partial charge on any atom is -0.282 e. The molecule has 0 aliphatic carbocycles. The molecule has 0 aliphatic heterocycles. The van der Waals surface area contributed by atoms with Crippen LogP contribution in [-0.4, -0.2) is 42.3 Å². The maximum Gasteiger partial charge on any atom is 0.320 e. The monoisotopic (exact) mass is 309 g/mol. The largest absolute Gasteiger partial charge is 0.320 e. The summed E-state index contributed by atoms with van der Waals surface area (Å²) in [6.07, 6.45) is 0. The van der Waals surface area contributed by atoms with Gasteiger partial charge in [-0.2, -0.15) is 10.5 Å². The van der Waals surface area contributed by atoms with Gasteiger partial charge < -0.3 is 0 Å². The van der Waals surface area contributed by atoms with Gasteiger partial charge in [0.25, 0.3) is 11.8 Å². The van der Waals surface area contributed by atoms with Crippen molar-refractivity contribution in [1.82, 2.24) is 0 Å². The molecule has 0 spiro atoms. The van der Waals surface area contributed by atoms with Crippen LogP contribution in [0.5, 0.6) is 0 Å². The van der Waals surface area contributed by atoms with Crippen LogP contribution in [0, 0.1) is 34.5 Å². The minimum atomic E-state index is -0.829. The van der Waals surface area contributed by atoms with E-state index in [0.29, 0.717) is 0 Å². The SMILES string of the molecule is CC(=[OH+])C(C#N)C(C)=[OH+].CC(=[OH+])C(C#N)C(C)=[OH+].[Mn]. The third-order valence-electron chi connectivity index (χ3n) is 1.93. The van der Waals surface area contributed by atoms with E-state index >= 15 is 0 Å². The first-order chi connectivity index (χ1) is 8.18. The fraction of sp³-hybridized carbons (Fsp3) is 0.500. The summed E-state index contributed by atoms with van der Waals surface area (Å²) in [5.41, 5.74) is 0. The molecule has 19 heavy (non-hydrogen) atoms. The van der Waals surface area contributed by atoms with Crippen LogP contribution >= 0.6 is 0 Å². The molecular weight excluding hydrogens is 291 g/mol. The molecule has 0 bridgehead atoms. The fourth-order valence-electron chi connectivity index (χ4n) is 0.978. The summed E-state index contributed by atoms with van der Waals surface area (Å²) >= 11 is 0. The Morgan fingerprint density at radius 3 is 0.842 bits per heavy atom. The van der Waals surface area contributed by atoms with Crippen molar-refractivity contribution in [2.75, 3.05) is 0 Å². The molecule has 0 rings (SSSR count). The molecule has 0 saturated carbocycles. The van der Waals surface area contributed by atoms with Crippen molar-refractivity contribution in [2.24, 2.45) is 11.8 Å². The Bertz CT molecular complexity index is 376. The zero-order valence-electron chi connectivity index (χ0n) is 11.2. The Balaban J connectivity index is -0.000000256. The number of hydrogen-bond donors (Lipinski definition) is 0. The van der Waals surface area contributed by atoms with Gasteiger partial charge in [-0.3, -0.25) is 19.2 Å². The number of ketones is 4. The van der Waals surface area contributed by atoms with Crippen LogP contribution < -0.4 is 0 Å². The molecule has 4 N–H and O–H groups in total. The second kappa shape index (κ2) is 11.3. The van der Waals surface area contributed by atoms with Crippen molar-refractivity contribution in [3.63, 3.8) is 0 Å². The van der Waals surface area contributed by atoms with E-state index in [0.717, 1.165) is 0 Å². The van der Waals surface area contributed by atoms with E-state index in [1.54, 1.807) is 12.1 Å². The molecule has 0 aromatic carbocycles. The number of rotatable bonds is 4. The first-order valence-electron chi connectivity index (χ1n) is 5.07. The van der Waals surface area contributed by atoms with Gasteiger partial charge in [0.05, 0.1) is 12.1 Å². The summed E-state index contributed by atoms with van der Waals surface area (Å²) in [5.74, 6) is -1.94. The Hall–Kier alpha value is -1.82. The first-order valence-corrected chi connectivity index (χ1v) is 5.07. The molecule has 0 aromatic heterocycles. The average molecular weight is 309 g/mol. The molecule has 0 amide bonds. The first kappa shape index (κ1) is 22.4. The van der Waals surface area contributed by atoms with E-state index in [1.807, 2.05) is 0 Å². The summed E-state index contributed by atoms with van der Waals surface area (Å²) in [4.78, 5) is 34.8. The molecule has 1 radical (unpaired) electrons. The van der Waals surface area contributed by atoms with Gasteiger partial charge in [-0.25, -0.2) is 0 Å². The second-order valence-corrected chi connectivity index (χ2v) is 3.69. The molecule has 0 aliphatic rings. The fourth-order valence-corrected chi connectivity index (χ4v) is 0.978. The van der Waals surface area contributed by atoms with Gasteiger partial charge >= 0.3 is 23.1 Å².